The van der Waals surface area contributed by atoms with Gasteiger partial charge >= 0.3 is 0 Å². The molecule has 0 fully saturated rings. The third-order valence-electron chi connectivity index (χ3n) is 2.89. The fourth-order valence-electron chi connectivity index (χ4n) is 1.94. The third kappa shape index (κ3) is 2.21. The Hall–Kier alpha value is -2.82. The van der Waals surface area contributed by atoms with Crippen molar-refractivity contribution in [2.24, 2.45) is 0 Å². The number of nitrogens with one attached hydrogen (secondary N) is 1. The number of nitrogens with zero attached hydrogens (tertiary/aromatic N) is 2. The summed E-state index contributed by atoms with van der Waals surface area (Å²) in [7, 11) is 0. The lowest BCUT2D eigenvalue weighted by Crippen LogP contribution is -2.12. The molecule has 0 aliphatic heterocycles. The fourth-order valence-corrected chi connectivity index (χ4v) is 1.94. The van der Waals surface area contributed by atoms with Crippen molar-refractivity contribution in [3.8, 4) is 0 Å². The van der Waals surface area contributed by atoms with Crippen molar-refractivity contribution in [1.29, 1.82) is 0 Å². The molecule has 2 aromatic heterocycles. The van der Waals surface area contributed by atoms with E-state index in [1.807, 2.05) is 0 Å². The molecule has 1 N–H and O–H groups in total. The molecule has 1 amide bonds. The van der Waals surface area contributed by atoms with Gasteiger partial charge in [0, 0.05) is 24.0 Å². The van der Waals surface area contributed by atoms with E-state index in [0.29, 0.717) is 16.6 Å². The minimum atomic E-state index is -0.417. The Bertz CT molecular complexity index is 774. The van der Waals surface area contributed by atoms with E-state index in [1.54, 1.807) is 36.5 Å². The number of hydrogen-bond acceptors (Lipinski definition) is 3. The van der Waals surface area contributed by atoms with Gasteiger partial charge in [-0.15, -0.1) is 0 Å². The summed E-state index contributed by atoms with van der Waals surface area (Å²) in [5.41, 5.74) is 1.19. The Balaban J connectivity index is 2.00. The van der Waals surface area contributed by atoms with E-state index >= 15 is 0 Å². The van der Waals surface area contributed by atoms with Gasteiger partial charge < -0.3 is 5.32 Å². The van der Waals surface area contributed by atoms with Gasteiger partial charge in [0.1, 0.15) is 11.3 Å². The standard InChI is InChI=1S/C15H10FN3O/c16-12-5-1-4-11-13(6-8-18-14(11)12)19-15(20)10-3-2-7-17-9-10/h1-9H,(H,18,19,20). The molecule has 0 aliphatic carbocycles. The molecular weight excluding hydrogens is 257 g/mol. The number of anilines is 1. The maximum atomic E-state index is 13.6. The Morgan fingerprint density at radius 2 is 2.00 bits per heavy atom. The zero-order chi connectivity index (χ0) is 13.9. The van der Waals surface area contributed by atoms with Gasteiger partial charge in [-0.2, -0.15) is 0 Å². The number of carbonyl (C=O) groups excluding carboxylic acids is 1. The molecule has 0 radical (unpaired) electrons. The van der Waals surface area contributed by atoms with E-state index in [-0.39, 0.29) is 11.4 Å². The van der Waals surface area contributed by atoms with Gasteiger partial charge in [0.05, 0.1) is 11.3 Å². The minimum Gasteiger partial charge on any atom is -0.321 e. The molecule has 3 aromatic rings. The first kappa shape index (κ1) is 12.2. The van der Waals surface area contributed by atoms with Crippen LogP contribution in [0, 0.1) is 5.82 Å². The number of fused-ring (bicyclic) bond motifs is 1. The highest BCUT2D eigenvalue weighted by Gasteiger charge is 2.10. The zero-order valence-corrected chi connectivity index (χ0v) is 10.4. The Labute approximate surface area is 114 Å². The lowest BCUT2D eigenvalue weighted by Gasteiger charge is -2.08. The summed E-state index contributed by atoms with van der Waals surface area (Å²) in [4.78, 5) is 20.0. The van der Waals surface area contributed by atoms with Crippen LogP contribution in [0.4, 0.5) is 10.1 Å². The summed E-state index contributed by atoms with van der Waals surface area (Å²) in [5, 5.41) is 3.30. The van der Waals surface area contributed by atoms with Crippen LogP contribution < -0.4 is 5.32 Å². The molecule has 0 bridgehead atoms. The van der Waals surface area contributed by atoms with E-state index in [0.717, 1.165) is 0 Å². The minimum absolute atomic E-state index is 0.233. The highest BCUT2D eigenvalue weighted by molar-refractivity contribution is 6.08. The van der Waals surface area contributed by atoms with E-state index in [2.05, 4.69) is 15.3 Å². The van der Waals surface area contributed by atoms with Crippen LogP contribution >= 0.6 is 0 Å². The number of para-hydroxylation sites is 1. The molecular formula is C15H10FN3O. The smallest absolute Gasteiger partial charge is 0.257 e. The fraction of sp³-hybridized carbons (Fsp3) is 0. The lowest BCUT2D eigenvalue weighted by atomic mass is 10.1. The summed E-state index contributed by atoms with van der Waals surface area (Å²) in [5.74, 6) is -0.713. The maximum Gasteiger partial charge on any atom is 0.257 e. The van der Waals surface area contributed by atoms with Gasteiger partial charge in [-0.25, -0.2) is 4.39 Å². The normalized spacial score (nSPS) is 10.4. The van der Waals surface area contributed by atoms with Gasteiger partial charge in [-0.3, -0.25) is 14.8 Å². The number of halogens is 1. The number of benzene rings is 1. The van der Waals surface area contributed by atoms with Crippen molar-refractivity contribution in [3.05, 3.63) is 66.4 Å². The van der Waals surface area contributed by atoms with Crippen LogP contribution in [0.3, 0.4) is 0 Å². The van der Waals surface area contributed by atoms with Gasteiger partial charge in [0.2, 0.25) is 0 Å². The molecule has 0 aliphatic rings. The van der Waals surface area contributed by atoms with Crippen molar-refractivity contribution in [3.63, 3.8) is 0 Å². The van der Waals surface area contributed by atoms with Crippen LogP contribution in [-0.2, 0) is 0 Å². The second-order valence-corrected chi connectivity index (χ2v) is 4.19. The molecule has 4 nitrogen and oxygen atoms in total. The lowest BCUT2D eigenvalue weighted by molar-refractivity contribution is 0.102. The number of carbonyl (C=O) groups is 1. The monoisotopic (exact) mass is 267 g/mol. The number of rotatable bonds is 2. The molecule has 0 saturated carbocycles. The van der Waals surface area contributed by atoms with E-state index in [1.165, 1.54) is 18.5 Å². The van der Waals surface area contributed by atoms with Crippen LogP contribution in [0.2, 0.25) is 0 Å². The summed E-state index contributed by atoms with van der Waals surface area (Å²) in [6.45, 7) is 0. The average molecular weight is 267 g/mol. The van der Waals surface area contributed by atoms with Crippen LogP contribution in [-0.4, -0.2) is 15.9 Å². The third-order valence-corrected chi connectivity index (χ3v) is 2.89. The highest BCUT2D eigenvalue weighted by Crippen LogP contribution is 2.23. The number of pyridine rings is 2. The second-order valence-electron chi connectivity index (χ2n) is 4.19. The Kier molecular flexibility index (Phi) is 3.09. The van der Waals surface area contributed by atoms with Crippen LogP contribution in [0.1, 0.15) is 10.4 Å². The van der Waals surface area contributed by atoms with Crippen molar-refractivity contribution in [1.82, 2.24) is 9.97 Å². The molecule has 20 heavy (non-hydrogen) atoms. The van der Waals surface area contributed by atoms with Crippen molar-refractivity contribution < 1.29 is 9.18 Å². The average Bonchev–Trinajstić information content (AvgIpc) is 2.49. The molecule has 3 rings (SSSR count). The summed E-state index contributed by atoms with van der Waals surface area (Å²) < 4.78 is 13.6. The molecule has 98 valence electrons. The predicted molar refractivity (Wildman–Crippen MR) is 73.9 cm³/mol. The second kappa shape index (κ2) is 5.05. The van der Waals surface area contributed by atoms with E-state index in [4.69, 9.17) is 0 Å². The predicted octanol–water partition coefficient (Wildman–Crippen LogP) is 3.02. The Morgan fingerprint density at radius 3 is 2.80 bits per heavy atom. The van der Waals surface area contributed by atoms with Gasteiger partial charge in [-0.05, 0) is 24.3 Å². The quantitative estimate of drug-likeness (QED) is 0.776. The molecule has 0 atom stereocenters. The van der Waals surface area contributed by atoms with Crippen molar-refractivity contribution in [2.45, 2.75) is 0 Å². The molecule has 0 unspecified atom stereocenters. The largest absolute Gasteiger partial charge is 0.321 e. The first-order chi connectivity index (χ1) is 9.75. The summed E-state index contributed by atoms with van der Waals surface area (Å²) in [6.07, 6.45) is 4.53. The van der Waals surface area contributed by atoms with Crippen LogP contribution in [0.5, 0.6) is 0 Å². The van der Waals surface area contributed by atoms with E-state index < -0.39 is 5.82 Å². The molecule has 0 saturated heterocycles. The van der Waals surface area contributed by atoms with Gasteiger partial charge in [0.15, 0.2) is 0 Å². The highest BCUT2D eigenvalue weighted by atomic mass is 19.1. The van der Waals surface area contributed by atoms with Crippen molar-refractivity contribution in [2.75, 3.05) is 5.32 Å². The molecule has 0 spiro atoms. The van der Waals surface area contributed by atoms with Gasteiger partial charge in [0.25, 0.3) is 5.91 Å². The molecule has 1 aromatic carbocycles. The summed E-state index contributed by atoms with van der Waals surface area (Å²) in [6, 6.07) is 9.60. The first-order valence-corrected chi connectivity index (χ1v) is 6.00. The van der Waals surface area contributed by atoms with Crippen LogP contribution in [0.15, 0.2) is 55.0 Å². The number of aromatic nitrogens is 2. The summed E-state index contributed by atoms with van der Waals surface area (Å²) >= 11 is 0. The van der Waals surface area contributed by atoms with Crippen LogP contribution in [0.25, 0.3) is 10.9 Å². The molecule has 5 heteroatoms. The van der Waals surface area contributed by atoms with Crippen molar-refractivity contribution >= 4 is 22.5 Å². The number of amides is 1. The van der Waals surface area contributed by atoms with Gasteiger partial charge in [-0.1, -0.05) is 12.1 Å². The maximum absolute atomic E-state index is 13.6. The van der Waals surface area contributed by atoms with E-state index in [9.17, 15) is 9.18 Å². The first-order valence-electron chi connectivity index (χ1n) is 6.00. The topological polar surface area (TPSA) is 54.9 Å². The SMILES string of the molecule is O=C(Nc1ccnc2c(F)cccc12)c1cccnc1. The zero-order valence-electron chi connectivity index (χ0n) is 10.4. The molecule has 2 heterocycles. The Morgan fingerprint density at radius 1 is 1.10 bits per heavy atom. The number of hydrogen-bond donors (Lipinski definition) is 1.